The van der Waals surface area contributed by atoms with Crippen LogP contribution in [0.3, 0.4) is 0 Å². The highest BCUT2D eigenvalue weighted by Gasteiger charge is 2.27. The minimum Gasteiger partial charge on any atom is -0.488 e. The summed E-state index contributed by atoms with van der Waals surface area (Å²) in [6, 6.07) is 7.82. The van der Waals surface area contributed by atoms with E-state index in [0.717, 1.165) is 23.3 Å². The second kappa shape index (κ2) is 20.3. The summed E-state index contributed by atoms with van der Waals surface area (Å²) in [7, 11) is 0. The van der Waals surface area contributed by atoms with Gasteiger partial charge in [-0.1, -0.05) is 27.0 Å². The molecular weight excluding hydrogens is 880 g/mol. The highest BCUT2D eigenvalue weighted by atomic mass is 79.9. The molecule has 0 aliphatic carbocycles. The van der Waals surface area contributed by atoms with E-state index < -0.39 is 29.5 Å². The van der Waals surface area contributed by atoms with Gasteiger partial charge in [0.05, 0.1) is 31.0 Å². The highest BCUT2D eigenvalue weighted by molar-refractivity contribution is 9.11. The van der Waals surface area contributed by atoms with Crippen LogP contribution in [0.4, 0.5) is 9.59 Å². The molecule has 2 rings (SSSR count). The number of amides is 2. The topological polar surface area (TPSA) is 148 Å². The zero-order valence-electron chi connectivity index (χ0n) is 25.6. The molecular formula is C31H34Br4N2O10. The van der Waals surface area contributed by atoms with Gasteiger partial charge in [-0.15, -0.1) is 0 Å². The van der Waals surface area contributed by atoms with Crippen molar-refractivity contribution < 1.29 is 47.6 Å². The van der Waals surface area contributed by atoms with Gasteiger partial charge < -0.3 is 39.1 Å². The van der Waals surface area contributed by atoms with Crippen molar-refractivity contribution in [3.63, 3.8) is 0 Å². The number of alkyl carbamates (subject to hydrolysis) is 2. The summed E-state index contributed by atoms with van der Waals surface area (Å²) in [5, 5.41) is 4.94. The molecule has 2 amide bonds. The van der Waals surface area contributed by atoms with E-state index in [1.54, 1.807) is 0 Å². The van der Waals surface area contributed by atoms with Crippen LogP contribution in [0.1, 0.15) is 25.0 Å². The van der Waals surface area contributed by atoms with Gasteiger partial charge in [-0.25, -0.2) is 19.2 Å². The second-order valence-electron chi connectivity index (χ2n) is 9.73. The molecule has 0 unspecified atom stereocenters. The normalized spacial score (nSPS) is 10.7. The summed E-state index contributed by atoms with van der Waals surface area (Å²) >= 11 is 14.4. The van der Waals surface area contributed by atoms with Crippen molar-refractivity contribution in [3.05, 3.63) is 78.6 Å². The van der Waals surface area contributed by atoms with Gasteiger partial charge in [-0.2, -0.15) is 0 Å². The second-order valence-corrected chi connectivity index (χ2v) is 13.1. The van der Waals surface area contributed by atoms with Crippen molar-refractivity contribution in [3.8, 4) is 11.5 Å². The quantitative estimate of drug-likeness (QED) is 0.0715. The van der Waals surface area contributed by atoms with Crippen LogP contribution in [-0.4, -0.2) is 76.9 Å². The summed E-state index contributed by atoms with van der Waals surface area (Å²) in [5.41, 5.74) is 1.49. The molecule has 47 heavy (non-hydrogen) atoms. The Morgan fingerprint density at radius 3 is 1.28 bits per heavy atom. The Labute approximate surface area is 306 Å². The Kier molecular flexibility index (Phi) is 17.3. The molecule has 12 nitrogen and oxygen atoms in total. The summed E-state index contributed by atoms with van der Waals surface area (Å²) in [6.07, 6.45) is 0.752. The van der Waals surface area contributed by atoms with E-state index in [1.165, 1.54) is 0 Å². The molecule has 0 saturated carbocycles. The summed E-state index contributed by atoms with van der Waals surface area (Å²) in [4.78, 5) is 45.6. The molecule has 2 N–H and O–H groups in total. The van der Waals surface area contributed by atoms with Crippen molar-refractivity contribution in [1.29, 1.82) is 0 Å². The fourth-order valence-electron chi connectivity index (χ4n) is 3.67. The van der Waals surface area contributed by atoms with Gasteiger partial charge in [0.15, 0.2) is 0 Å². The first-order valence-electron chi connectivity index (χ1n) is 13.9. The number of esters is 2. The van der Waals surface area contributed by atoms with E-state index in [4.69, 9.17) is 28.4 Å². The number of benzene rings is 2. The summed E-state index contributed by atoms with van der Waals surface area (Å²) in [5.74, 6) is -0.0578. The van der Waals surface area contributed by atoms with Gasteiger partial charge in [0.1, 0.15) is 51.1 Å². The van der Waals surface area contributed by atoms with Crippen molar-refractivity contribution >= 4 is 87.8 Å². The smallest absolute Gasteiger partial charge is 0.407 e. The van der Waals surface area contributed by atoms with Crippen LogP contribution in [-0.2, 0) is 34.0 Å². The molecule has 0 fully saturated rings. The molecule has 2 aromatic carbocycles. The molecule has 0 aliphatic rings. The third-order valence-corrected chi connectivity index (χ3v) is 8.49. The van der Waals surface area contributed by atoms with Crippen LogP contribution < -0.4 is 20.1 Å². The molecule has 0 aliphatic heterocycles. The Hall–Kier alpha value is -3.08. The van der Waals surface area contributed by atoms with Gasteiger partial charge in [0.2, 0.25) is 0 Å². The molecule has 0 heterocycles. The first kappa shape index (κ1) is 40.1. The van der Waals surface area contributed by atoms with E-state index >= 15 is 0 Å². The number of hydrogen-bond donors (Lipinski definition) is 2. The number of nitrogens with one attached hydrogen (secondary N) is 2. The zero-order chi connectivity index (χ0) is 35.0. The average Bonchev–Trinajstić information content (AvgIpc) is 3.03. The predicted octanol–water partition coefficient (Wildman–Crippen LogP) is 6.73. The van der Waals surface area contributed by atoms with Gasteiger partial charge in [-0.05, 0) is 99.1 Å². The monoisotopic (exact) mass is 910 g/mol. The molecule has 0 saturated heterocycles. The molecule has 16 heteroatoms. The van der Waals surface area contributed by atoms with Gasteiger partial charge in [-0.3, -0.25) is 0 Å². The minimum atomic E-state index is -0.662. The standard InChI is InChI=1S/C31H34Br4N2O10/c1-5-25(38)42-9-7-36-29(40)46-13-11-44-27-21(32)15-19(16-22(27)33)31(3,4)20-17-23(34)28(24(35)18-20)45-12-14-47-30(41)37-8-10-43-26(39)6-2/h5-6,15-18H,1-2,7-14H2,3-4H3,(H,36,40)(H,37,41). The molecule has 0 atom stereocenters. The number of rotatable bonds is 18. The molecule has 256 valence electrons. The van der Waals surface area contributed by atoms with Crippen molar-refractivity contribution in [1.82, 2.24) is 10.6 Å². The number of carbonyl (C=O) groups is 4. The van der Waals surface area contributed by atoms with E-state index in [-0.39, 0.29) is 52.7 Å². The van der Waals surface area contributed by atoms with Crippen molar-refractivity contribution in [2.45, 2.75) is 19.3 Å². The van der Waals surface area contributed by atoms with Crippen molar-refractivity contribution in [2.75, 3.05) is 52.7 Å². The summed E-state index contributed by atoms with van der Waals surface area (Å²) < 4.78 is 34.2. The van der Waals surface area contributed by atoms with Gasteiger partial charge in [0, 0.05) is 17.6 Å². The van der Waals surface area contributed by atoms with Crippen LogP contribution in [0.5, 0.6) is 11.5 Å². The van der Waals surface area contributed by atoms with E-state index in [2.05, 4.69) is 101 Å². The lowest BCUT2D eigenvalue weighted by Gasteiger charge is -2.28. The Bertz CT molecular complexity index is 1300. The third kappa shape index (κ3) is 13.5. The predicted molar refractivity (Wildman–Crippen MR) is 188 cm³/mol. The fourth-order valence-corrected chi connectivity index (χ4v) is 6.50. The van der Waals surface area contributed by atoms with Crippen LogP contribution in [0.15, 0.2) is 67.5 Å². The number of carbonyl (C=O) groups excluding carboxylic acids is 4. The first-order chi connectivity index (χ1) is 22.3. The van der Waals surface area contributed by atoms with Gasteiger partial charge >= 0.3 is 24.1 Å². The Balaban J connectivity index is 1.91. The van der Waals surface area contributed by atoms with Crippen LogP contribution in [0.2, 0.25) is 0 Å². The minimum absolute atomic E-state index is 0.00282. The fraction of sp³-hybridized carbons (Fsp3) is 0.355. The lowest BCUT2D eigenvalue weighted by molar-refractivity contribution is -0.138. The molecule has 0 bridgehead atoms. The lowest BCUT2D eigenvalue weighted by Crippen LogP contribution is -2.29. The Morgan fingerprint density at radius 1 is 0.617 bits per heavy atom. The van der Waals surface area contributed by atoms with Crippen LogP contribution >= 0.6 is 63.7 Å². The average molecular weight is 914 g/mol. The Morgan fingerprint density at radius 2 is 0.957 bits per heavy atom. The van der Waals surface area contributed by atoms with E-state index in [1.807, 2.05) is 24.3 Å². The maximum absolute atomic E-state index is 11.8. The van der Waals surface area contributed by atoms with E-state index in [0.29, 0.717) is 29.4 Å². The highest BCUT2D eigenvalue weighted by Crippen LogP contribution is 2.44. The molecule has 2 aromatic rings. The van der Waals surface area contributed by atoms with Gasteiger partial charge in [0.25, 0.3) is 0 Å². The SMILES string of the molecule is C=CC(=O)OCCNC(=O)OCCOc1c(Br)cc(C(C)(C)c2cc(Br)c(OCCOC(=O)NCCOC(=O)C=C)c(Br)c2)cc1Br. The largest absolute Gasteiger partial charge is 0.488 e. The van der Waals surface area contributed by atoms with E-state index in [9.17, 15) is 19.2 Å². The third-order valence-electron chi connectivity index (χ3n) is 6.13. The number of halogens is 4. The zero-order valence-corrected chi connectivity index (χ0v) is 32.0. The maximum Gasteiger partial charge on any atom is 0.407 e. The molecule has 0 aromatic heterocycles. The van der Waals surface area contributed by atoms with Crippen LogP contribution in [0, 0.1) is 0 Å². The molecule has 0 spiro atoms. The number of hydrogen-bond acceptors (Lipinski definition) is 10. The lowest BCUT2D eigenvalue weighted by atomic mass is 9.78. The molecule has 0 radical (unpaired) electrons. The first-order valence-corrected chi connectivity index (χ1v) is 17.1. The maximum atomic E-state index is 11.8. The van der Waals surface area contributed by atoms with Crippen LogP contribution in [0.25, 0.3) is 0 Å². The number of ether oxygens (including phenoxy) is 6. The summed E-state index contributed by atoms with van der Waals surface area (Å²) in [6.45, 7) is 11.1. The van der Waals surface area contributed by atoms with Crippen molar-refractivity contribution in [2.24, 2.45) is 0 Å².